The fourth-order valence-electron chi connectivity index (χ4n) is 1.68. The zero-order chi connectivity index (χ0) is 12.7. The Hall–Kier alpha value is -1.05. The highest BCUT2D eigenvalue weighted by molar-refractivity contribution is 5.85. The van der Waals surface area contributed by atoms with Crippen molar-refractivity contribution in [3.05, 3.63) is 29.6 Å². The second-order valence-electron chi connectivity index (χ2n) is 3.95. The van der Waals surface area contributed by atoms with E-state index in [1.165, 1.54) is 6.07 Å². The van der Waals surface area contributed by atoms with Crippen LogP contribution < -0.4 is 15.8 Å². The lowest BCUT2D eigenvalue weighted by Crippen LogP contribution is -2.63. The normalized spacial score (nSPS) is 17.6. The fourth-order valence-corrected chi connectivity index (χ4v) is 1.68. The molecule has 0 unspecified atom stereocenters. The Morgan fingerprint density at radius 2 is 1.89 bits per heavy atom. The SMILES string of the molecule is Cl.NC1(c2ccc(OC(F)(F)F)cc2F)CNC1. The number of rotatable bonds is 2. The van der Waals surface area contributed by atoms with Crippen molar-refractivity contribution in [3.8, 4) is 5.75 Å². The van der Waals surface area contributed by atoms with Crippen molar-refractivity contribution in [2.24, 2.45) is 5.73 Å². The Labute approximate surface area is 107 Å². The number of hydrogen-bond acceptors (Lipinski definition) is 3. The molecule has 1 aromatic carbocycles. The molecule has 0 bridgehead atoms. The van der Waals surface area contributed by atoms with Gasteiger partial charge in [-0.25, -0.2) is 4.39 Å². The largest absolute Gasteiger partial charge is 0.573 e. The standard InChI is InChI=1S/C10H10F4N2O.ClH/c11-8-3-6(17-10(12,13)14)1-2-7(8)9(15)4-16-5-9;/h1-3,16H,4-5,15H2;1H. The van der Waals surface area contributed by atoms with Crippen molar-refractivity contribution < 1.29 is 22.3 Å². The van der Waals surface area contributed by atoms with E-state index in [-0.39, 0.29) is 18.0 Å². The molecule has 0 amide bonds. The first kappa shape index (κ1) is 15.0. The highest BCUT2D eigenvalue weighted by Crippen LogP contribution is 2.30. The summed E-state index contributed by atoms with van der Waals surface area (Å²) < 4.78 is 52.9. The maximum atomic E-state index is 13.6. The average Bonchev–Trinajstić information content (AvgIpc) is 2.12. The molecule has 0 aromatic heterocycles. The van der Waals surface area contributed by atoms with Gasteiger partial charge in [-0.15, -0.1) is 25.6 Å². The van der Waals surface area contributed by atoms with E-state index >= 15 is 0 Å². The third kappa shape index (κ3) is 3.04. The third-order valence-corrected chi connectivity index (χ3v) is 2.59. The smallest absolute Gasteiger partial charge is 0.406 e. The molecule has 1 heterocycles. The van der Waals surface area contributed by atoms with Crippen LogP contribution in [-0.2, 0) is 5.54 Å². The van der Waals surface area contributed by atoms with E-state index in [9.17, 15) is 17.6 Å². The van der Waals surface area contributed by atoms with Crippen LogP contribution in [0.4, 0.5) is 17.6 Å². The third-order valence-electron chi connectivity index (χ3n) is 2.59. The summed E-state index contributed by atoms with van der Waals surface area (Å²) in [5.74, 6) is -1.38. The van der Waals surface area contributed by atoms with Gasteiger partial charge < -0.3 is 15.8 Å². The quantitative estimate of drug-likeness (QED) is 0.817. The summed E-state index contributed by atoms with van der Waals surface area (Å²) in [4.78, 5) is 0. The molecule has 102 valence electrons. The predicted molar refractivity (Wildman–Crippen MR) is 59.1 cm³/mol. The van der Waals surface area contributed by atoms with Gasteiger partial charge >= 0.3 is 6.36 Å². The van der Waals surface area contributed by atoms with Crippen molar-refractivity contribution in [3.63, 3.8) is 0 Å². The molecule has 0 aliphatic carbocycles. The van der Waals surface area contributed by atoms with Gasteiger partial charge in [0.25, 0.3) is 0 Å². The van der Waals surface area contributed by atoms with Crippen molar-refractivity contribution in [1.29, 1.82) is 0 Å². The first-order valence-electron chi connectivity index (χ1n) is 4.86. The number of hydrogen-bond donors (Lipinski definition) is 2. The van der Waals surface area contributed by atoms with Gasteiger partial charge in [0.05, 0.1) is 5.54 Å². The number of halogens is 5. The lowest BCUT2D eigenvalue weighted by atomic mass is 9.85. The topological polar surface area (TPSA) is 47.3 Å². The number of ether oxygens (including phenoxy) is 1. The maximum absolute atomic E-state index is 13.6. The maximum Gasteiger partial charge on any atom is 0.573 e. The highest BCUT2D eigenvalue weighted by Gasteiger charge is 2.37. The Morgan fingerprint density at radius 1 is 1.28 bits per heavy atom. The van der Waals surface area contributed by atoms with Gasteiger partial charge in [0.2, 0.25) is 0 Å². The second-order valence-corrected chi connectivity index (χ2v) is 3.95. The number of alkyl halides is 3. The van der Waals surface area contributed by atoms with Crippen molar-refractivity contribution in [1.82, 2.24) is 5.32 Å². The van der Waals surface area contributed by atoms with E-state index in [1.807, 2.05) is 0 Å². The Morgan fingerprint density at radius 3 is 2.28 bits per heavy atom. The Bertz CT molecular complexity index is 434. The summed E-state index contributed by atoms with van der Waals surface area (Å²) >= 11 is 0. The van der Waals surface area contributed by atoms with Gasteiger partial charge in [-0.2, -0.15) is 0 Å². The zero-order valence-electron chi connectivity index (χ0n) is 9.05. The van der Waals surface area contributed by atoms with Gasteiger partial charge in [0.1, 0.15) is 11.6 Å². The molecule has 2 rings (SSSR count). The molecule has 1 saturated heterocycles. The minimum Gasteiger partial charge on any atom is -0.406 e. The number of nitrogens with one attached hydrogen (secondary N) is 1. The highest BCUT2D eigenvalue weighted by atomic mass is 35.5. The molecule has 0 saturated carbocycles. The van der Waals surface area contributed by atoms with Gasteiger partial charge in [0, 0.05) is 24.7 Å². The number of benzene rings is 1. The van der Waals surface area contributed by atoms with Crippen LogP contribution in [0.2, 0.25) is 0 Å². The molecule has 8 heteroatoms. The van der Waals surface area contributed by atoms with Gasteiger partial charge in [-0.1, -0.05) is 6.07 Å². The van der Waals surface area contributed by atoms with Crippen LogP contribution in [0, 0.1) is 5.82 Å². The van der Waals surface area contributed by atoms with Crippen LogP contribution in [0.15, 0.2) is 18.2 Å². The molecule has 3 nitrogen and oxygen atoms in total. The average molecular weight is 287 g/mol. The molecular formula is C10H11ClF4N2O. The van der Waals surface area contributed by atoms with Gasteiger partial charge in [0.15, 0.2) is 0 Å². The van der Waals surface area contributed by atoms with Crippen LogP contribution in [0.1, 0.15) is 5.56 Å². The number of nitrogens with two attached hydrogens (primary N) is 1. The predicted octanol–water partition coefficient (Wildman–Crippen LogP) is 1.90. The summed E-state index contributed by atoms with van der Waals surface area (Å²) in [6.45, 7) is 0.785. The van der Waals surface area contributed by atoms with E-state index in [0.29, 0.717) is 19.2 Å². The Balaban J connectivity index is 0.00000162. The lowest BCUT2D eigenvalue weighted by Gasteiger charge is -2.39. The summed E-state index contributed by atoms with van der Waals surface area (Å²) in [6, 6.07) is 2.96. The summed E-state index contributed by atoms with van der Waals surface area (Å²) in [6.07, 6.45) is -4.83. The molecule has 1 fully saturated rings. The van der Waals surface area contributed by atoms with E-state index in [2.05, 4.69) is 10.1 Å². The zero-order valence-corrected chi connectivity index (χ0v) is 9.87. The van der Waals surface area contributed by atoms with Gasteiger partial charge in [-0.05, 0) is 6.07 Å². The van der Waals surface area contributed by atoms with Crippen LogP contribution >= 0.6 is 12.4 Å². The van der Waals surface area contributed by atoms with Crippen molar-refractivity contribution >= 4 is 12.4 Å². The molecule has 0 radical (unpaired) electrons. The first-order chi connectivity index (χ1) is 7.80. The summed E-state index contributed by atoms with van der Waals surface area (Å²) in [5.41, 5.74) is 5.18. The van der Waals surface area contributed by atoms with E-state index in [0.717, 1.165) is 6.07 Å². The van der Waals surface area contributed by atoms with Crippen LogP contribution in [0.25, 0.3) is 0 Å². The van der Waals surface area contributed by atoms with Crippen molar-refractivity contribution in [2.45, 2.75) is 11.9 Å². The van der Waals surface area contributed by atoms with Crippen LogP contribution in [0.3, 0.4) is 0 Å². The lowest BCUT2D eigenvalue weighted by molar-refractivity contribution is -0.274. The first-order valence-corrected chi connectivity index (χ1v) is 4.86. The van der Waals surface area contributed by atoms with Crippen LogP contribution in [-0.4, -0.2) is 19.5 Å². The van der Waals surface area contributed by atoms with Crippen molar-refractivity contribution in [2.75, 3.05) is 13.1 Å². The molecule has 0 atom stereocenters. The Kier molecular flexibility index (Phi) is 4.09. The molecule has 3 N–H and O–H groups in total. The molecule has 1 aliphatic rings. The molecule has 0 spiro atoms. The molecule has 1 aromatic rings. The minimum absolute atomic E-state index is 0. The van der Waals surface area contributed by atoms with Crippen LogP contribution in [0.5, 0.6) is 5.75 Å². The summed E-state index contributed by atoms with van der Waals surface area (Å²) in [5, 5.41) is 2.88. The fraction of sp³-hybridized carbons (Fsp3) is 0.400. The monoisotopic (exact) mass is 286 g/mol. The van der Waals surface area contributed by atoms with E-state index in [4.69, 9.17) is 5.73 Å². The van der Waals surface area contributed by atoms with Gasteiger partial charge in [-0.3, -0.25) is 0 Å². The molecule has 18 heavy (non-hydrogen) atoms. The minimum atomic E-state index is -4.83. The van der Waals surface area contributed by atoms with E-state index in [1.54, 1.807) is 0 Å². The van der Waals surface area contributed by atoms with E-state index < -0.39 is 23.5 Å². The summed E-state index contributed by atoms with van der Waals surface area (Å²) in [7, 11) is 0. The molecule has 1 aliphatic heterocycles. The second kappa shape index (κ2) is 4.91. The molecular weight excluding hydrogens is 276 g/mol.